The fraction of sp³-hybridized carbons (Fsp3) is 0.300. The van der Waals surface area contributed by atoms with Crippen LogP contribution in [0.1, 0.15) is 18.9 Å². The Hall–Kier alpha value is -2.34. The number of aromatic nitrogens is 2. The van der Waals surface area contributed by atoms with Crippen LogP contribution in [-0.2, 0) is 9.84 Å². The van der Waals surface area contributed by atoms with Crippen molar-refractivity contribution in [2.45, 2.75) is 23.8 Å². The second-order valence-electron chi connectivity index (χ2n) is 7.41. The van der Waals surface area contributed by atoms with Crippen molar-refractivity contribution in [2.24, 2.45) is 0 Å². The molecule has 0 atom stereocenters. The Morgan fingerprint density at radius 1 is 1.13 bits per heavy atom. The first-order valence-corrected chi connectivity index (χ1v) is 12.5. The molecule has 0 bridgehead atoms. The summed E-state index contributed by atoms with van der Waals surface area (Å²) in [4.78, 5) is 29.8. The number of rotatable bonds is 3. The lowest BCUT2D eigenvalue weighted by Gasteiger charge is -2.32. The van der Waals surface area contributed by atoms with Crippen LogP contribution in [0, 0.1) is 3.57 Å². The van der Waals surface area contributed by atoms with Crippen molar-refractivity contribution in [1.82, 2.24) is 14.5 Å². The smallest absolute Gasteiger partial charge is 0.324 e. The highest BCUT2D eigenvalue weighted by atomic mass is 127. The van der Waals surface area contributed by atoms with Gasteiger partial charge in [-0.15, -0.1) is 0 Å². The van der Waals surface area contributed by atoms with Gasteiger partial charge in [-0.2, -0.15) is 0 Å². The maximum absolute atomic E-state index is 12.5. The summed E-state index contributed by atoms with van der Waals surface area (Å²) < 4.78 is 26.3. The van der Waals surface area contributed by atoms with Gasteiger partial charge in [0.2, 0.25) is 0 Å². The molecule has 2 heterocycles. The van der Waals surface area contributed by atoms with Crippen LogP contribution in [-0.4, -0.2) is 48.2 Å². The van der Waals surface area contributed by atoms with Crippen LogP contribution in [0.3, 0.4) is 0 Å². The first-order chi connectivity index (χ1) is 14.2. The Balaban J connectivity index is 1.48. The van der Waals surface area contributed by atoms with Crippen molar-refractivity contribution in [3.05, 3.63) is 56.5 Å². The van der Waals surface area contributed by atoms with Crippen molar-refractivity contribution < 1.29 is 13.2 Å². The molecule has 1 aromatic heterocycles. The predicted molar refractivity (Wildman–Crippen MR) is 124 cm³/mol. The van der Waals surface area contributed by atoms with Crippen LogP contribution in [0.2, 0.25) is 0 Å². The zero-order valence-electron chi connectivity index (χ0n) is 16.3. The van der Waals surface area contributed by atoms with Crippen molar-refractivity contribution in [1.29, 1.82) is 0 Å². The molecule has 3 aromatic rings. The number of amides is 2. The van der Waals surface area contributed by atoms with Crippen LogP contribution in [0.5, 0.6) is 0 Å². The highest BCUT2D eigenvalue weighted by molar-refractivity contribution is 14.1. The highest BCUT2D eigenvalue weighted by Gasteiger charge is 2.26. The molecule has 1 fully saturated rings. The zero-order chi connectivity index (χ0) is 21.5. The second-order valence-corrected chi connectivity index (χ2v) is 10.7. The van der Waals surface area contributed by atoms with E-state index in [2.05, 4.69) is 32.9 Å². The molecule has 2 N–H and O–H groups in total. The normalized spacial score (nSPS) is 15.5. The molecule has 0 aliphatic carbocycles. The van der Waals surface area contributed by atoms with Gasteiger partial charge < -0.3 is 15.2 Å². The molecule has 1 saturated heterocycles. The zero-order valence-corrected chi connectivity index (χ0v) is 19.2. The predicted octanol–water partition coefficient (Wildman–Crippen LogP) is 3.21. The van der Waals surface area contributed by atoms with Crippen LogP contribution in [0.4, 0.5) is 10.5 Å². The van der Waals surface area contributed by atoms with Gasteiger partial charge in [-0.05, 0) is 77.9 Å². The number of carbonyl (C=O) groups excluding carboxylic acids is 1. The Kier molecular flexibility index (Phi) is 5.62. The number of sulfone groups is 1. The summed E-state index contributed by atoms with van der Waals surface area (Å²) in [6.07, 6.45) is 2.42. The third-order valence-corrected chi connectivity index (χ3v) is 7.16. The lowest BCUT2D eigenvalue weighted by atomic mass is 10.0. The molecule has 158 valence electrons. The summed E-state index contributed by atoms with van der Waals surface area (Å²) >= 11 is 2.21. The summed E-state index contributed by atoms with van der Waals surface area (Å²) in [6, 6.07) is 12.1. The van der Waals surface area contributed by atoms with Gasteiger partial charge in [-0.25, -0.2) is 18.0 Å². The molecule has 2 aromatic carbocycles. The number of hydrogen-bond donors (Lipinski definition) is 2. The fourth-order valence-electron chi connectivity index (χ4n) is 3.77. The van der Waals surface area contributed by atoms with Crippen molar-refractivity contribution in [2.75, 3.05) is 24.7 Å². The molecular weight excluding hydrogens is 519 g/mol. The first-order valence-electron chi connectivity index (χ1n) is 9.48. The van der Waals surface area contributed by atoms with Gasteiger partial charge >= 0.3 is 11.7 Å². The molecule has 1 aliphatic rings. The maximum atomic E-state index is 12.5. The number of fused-ring (bicyclic) bond motifs is 1. The van der Waals surface area contributed by atoms with Crippen molar-refractivity contribution in [3.63, 3.8) is 0 Å². The van der Waals surface area contributed by atoms with Gasteiger partial charge in [0.15, 0.2) is 9.84 Å². The summed E-state index contributed by atoms with van der Waals surface area (Å²) in [5.41, 5.74) is 1.66. The van der Waals surface area contributed by atoms with E-state index in [1.54, 1.807) is 15.5 Å². The van der Waals surface area contributed by atoms with E-state index in [4.69, 9.17) is 0 Å². The minimum Gasteiger partial charge on any atom is -0.324 e. The summed E-state index contributed by atoms with van der Waals surface area (Å²) in [6.45, 7) is 1.06. The first kappa shape index (κ1) is 20.9. The Labute approximate surface area is 187 Å². The largest absolute Gasteiger partial charge is 0.326 e. The number of nitrogens with zero attached hydrogens (tertiary/aromatic N) is 2. The Morgan fingerprint density at radius 3 is 2.43 bits per heavy atom. The average Bonchev–Trinajstić information content (AvgIpc) is 3.04. The number of halogens is 1. The molecule has 4 rings (SSSR count). The summed E-state index contributed by atoms with van der Waals surface area (Å²) in [5, 5.41) is 2.90. The van der Waals surface area contributed by atoms with Gasteiger partial charge in [0.1, 0.15) is 0 Å². The summed E-state index contributed by atoms with van der Waals surface area (Å²) in [5.74, 6) is 0. The number of benzene rings is 2. The van der Waals surface area contributed by atoms with Crippen LogP contribution in [0.15, 0.2) is 52.2 Å². The van der Waals surface area contributed by atoms with E-state index in [1.165, 1.54) is 12.1 Å². The highest BCUT2D eigenvalue weighted by Crippen LogP contribution is 2.26. The maximum Gasteiger partial charge on any atom is 0.326 e. The van der Waals surface area contributed by atoms with Gasteiger partial charge in [0.05, 0.1) is 15.9 Å². The molecule has 0 saturated carbocycles. The van der Waals surface area contributed by atoms with E-state index in [1.807, 2.05) is 24.3 Å². The van der Waals surface area contributed by atoms with Gasteiger partial charge in [0.25, 0.3) is 0 Å². The average molecular weight is 540 g/mol. The molecular formula is C20H21IN4O4S. The number of carbonyl (C=O) groups is 1. The van der Waals surface area contributed by atoms with Gasteiger partial charge in [0, 0.05) is 34.6 Å². The van der Waals surface area contributed by atoms with E-state index in [0.29, 0.717) is 37.0 Å². The van der Waals surface area contributed by atoms with Gasteiger partial charge in [-0.3, -0.25) is 4.57 Å². The molecule has 2 amide bonds. The van der Waals surface area contributed by atoms with E-state index < -0.39 is 9.84 Å². The van der Waals surface area contributed by atoms with Gasteiger partial charge in [-0.1, -0.05) is 0 Å². The lowest BCUT2D eigenvalue weighted by molar-refractivity contribution is 0.184. The standard InChI is InChI=1S/C20H21IN4O4S/c1-30(28,29)16-6-7-18-17(12-16)23-20(27)25(18)15-8-10-24(11-9-15)19(26)22-14-4-2-13(21)3-5-14/h2-7,12,15H,8-11H2,1H3,(H,22,26)(H,23,27). The van der Waals surface area contributed by atoms with Crippen molar-refractivity contribution in [3.8, 4) is 0 Å². The molecule has 10 heteroatoms. The molecule has 0 unspecified atom stereocenters. The van der Waals surface area contributed by atoms with Crippen LogP contribution < -0.4 is 11.0 Å². The van der Waals surface area contributed by atoms with Crippen LogP contribution in [0.25, 0.3) is 11.0 Å². The number of aromatic amines is 1. The Morgan fingerprint density at radius 2 is 1.80 bits per heavy atom. The molecule has 0 spiro atoms. The van der Waals surface area contributed by atoms with E-state index >= 15 is 0 Å². The van der Waals surface area contributed by atoms with Crippen LogP contribution >= 0.6 is 22.6 Å². The molecule has 30 heavy (non-hydrogen) atoms. The number of nitrogens with one attached hydrogen (secondary N) is 2. The number of hydrogen-bond acceptors (Lipinski definition) is 4. The fourth-order valence-corrected chi connectivity index (χ4v) is 4.77. The Bertz CT molecular complexity index is 1260. The second kappa shape index (κ2) is 8.06. The molecule has 1 aliphatic heterocycles. The number of piperidine rings is 1. The molecule has 0 radical (unpaired) electrons. The quantitative estimate of drug-likeness (QED) is 0.498. The monoisotopic (exact) mass is 540 g/mol. The number of imidazole rings is 1. The minimum atomic E-state index is -3.35. The lowest BCUT2D eigenvalue weighted by Crippen LogP contribution is -2.42. The third-order valence-electron chi connectivity index (χ3n) is 5.33. The number of anilines is 1. The number of H-pyrrole nitrogens is 1. The van der Waals surface area contributed by atoms with E-state index in [-0.39, 0.29) is 22.7 Å². The minimum absolute atomic E-state index is 0.0577. The summed E-state index contributed by atoms with van der Waals surface area (Å²) in [7, 11) is -3.35. The van der Waals surface area contributed by atoms with E-state index in [9.17, 15) is 18.0 Å². The number of likely N-dealkylation sites (tertiary alicyclic amines) is 1. The third kappa shape index (κ3) is 4.24. The SMILES string of the molecule is CS(=O)(=O)c1ccc2c(c1)[nH]c(=O)n2C1CCN(C(=O)Nc2ccc(I)cc2)CC1. The van der Waals surface area contributed by atoms with Crippen molar-refractivity contribution >= 4 is 55.2 Å². The number of urea groups is 1. The molecule has 8 nitrogen and oxygen atoms in total. The van der Waals surface area contributed by atoms with E-state index in [0.717, 1.165) is 15.5 Å². The topological polar surface area (TPSA) is 104 Å².